The van der Waals surface area contributed by atoms with Gasteiger partial charge in [0, 0.05) is 11.4 Å². The van der Waals surface area contributed by atoms with Gasteiger partial charge in [0.2, 0.25) is 5.91 Å². The molecule has 120 valence electrons. The molecule has 23 heavy (non-hydrogen) atoms. The van der Waals surface area contributed by atoms with E-state index in [2.05, 4.69) is 5.32 Å². The zero-order valence-corrected chi connectivity index (χ0v) is 14.0. The normalized spacial score (nSPS) is 20.2. The molecule has 3 nitrogen and oxygen atoms in total. The van der Waals surface area contributed by atoms with Gasteiger partial charge in [0.05, 0.1) is 17.6 Å². The average molecular weight is 330 g/mol. The molecule has 2 aromatic rings. The Labute approximate surface area is 141 Å². The topological polar surface area (TPSA) is 49.3 Å². The fourth-order valence-electron chi connectivity index (χ4n) is 3.07. The zero-order chi connectivity index (χ0) is 16.6. The molecule has 0 heterocycles. The summed E-state index contributed by atoms with van der Waals surface area (Å²) >= 11 is 5.92. The van der Waals surface area contributed by atoms with Gasteiger partial charge >= 0.3 is 0 Å². The second kappa shape index (κ2) is 5.99. The largest absolute Gasteiger partial charge is 0.390 e. The van der Waals surface area contributed by atoms with Gasteiger partial charge in [0.15, 0.2) is 0 Å². The van der Waals surface area contributed by atoms with Gasteiger partial charge in [-0.05, 0) is 42.7 Å². The Hall–Kier alpha value is -1.84. The molecule has 0 fully saturated rings. The van der Waals surface area contributed by atoms with Crippen molar-refractivity contribution in [2.45, 2.75) is 37.8 Å². The number of hydrogen-bond donors (Lipinski definition) is 2. The van der Waals surface area contributed by atoms with Crippen molar-refractivity contribution in [3.05, 3.63) is 70.2 Å². The van der Waals surface area contributed by atoms with E-state index in [9.17, 15) is 9.90 Å². The van der Waals surface area contributed by atoms with Crippen LogP contribution in [-0.4, -0.2) is 17.1 Å². The van der Waals surface area contributed by atoms with Crippen LogP contribution in [0.5, 0.6) is 0 Å². The van der Waals surface area contributed by atoms with Crippen LogP contribution in [0.4, 0.5) is 0 Å². The van der Waals surface area contributed by atoms with E-state index in [-0.39, 0.29) is 11.9 Å². The zero-order valence-electron chi connectivity index (χ0n) is 13.2. The molecular formula is C19H20ClNO2. The quantitative estimate of drug-likeness (QED) is 0.906. The van der Waals surface area contributed by atoms with Gasteiger partial charge in [0.1, 0.15) is 0 Å². The lowest BCUT2D eigenvalue weighted by Gasteiger charge is -2.28. The molecule has 0 spiro atoms. The molecule has 1 amide bonds. The van der Waals surface area contributed by atoms with E-state index in [0.29, 0.717) is 11.4 Å². The third-order valence-electron chi connectivity index (χ3n) is 4.62. The van der Waals surface area contributed by atoms with Crippen molar-refractivity contribution >= 4 is 17.5 Å². The van der Waals surface area contributed by atoms with Gasteiger partial charge < -0.3 is 10.4 Å². The van der Waals surface area contributed by atoms with Gasteiger partial charge in [0.25, 0.3) is 0 Å². The van der Waals surface area contributed by atoms with Crippen molar-refractivity contribution in [1.29, 1.82) is 0 Å². The summed E-state index contributed by atoms with van der Waals surface area (Å²) in [5.74, 6) is -0.111. The van der Waals surface area contributed by atoms with E-state index >= 15 is 0 Å². The van der Waals surface area contributed by atoms with Crippen LogP contribution in [0.3, 0.4) is 0 Å². The van der Waals surface area contributed by atoms with Crippen LogP contribution >= 0.6 is 11.6 Å². The monoisotopic (exact) mass is 329 g/mol. The first-order chi connectivity index (χ1) is 10.9. The van der Waals surface area contributed by atoms with Gasteiger partial charge in [-0.2, -0.15) is 0 Å². The summed E-state index contributed by atoms with van der Waals surface area (Å²) in [6, 6.07) is 14.8. The standard InChI is InChI=1S/C19H20ClNO2/c1-19(2,13-7-9-14(20)10-8-13)18(23)21-17-15-6-4-3-5-12(15)11-16(17)22/h3-10,16-17,22H,11H2,1-2H3,(H,21,23)/t16-,17+/m0/s1. The van der Waals surface area contributed by atoms with Gasteiger partial charge in [-0.3, -0.25) is 4.79 Å². The maximum Gasteiger partial charge on any atom is 0.230 e. The third-order valence-corrected chi connectivity index (χ3v) is 4.88. The first-order valence-electron chi connectivity index (χ1n) is 7.72. The second-order valence-electron chi connectivity index (χ2n) is 6.55. The van der Waals surface area contributed by atoms with E-state index in [0.717, 1.165) is 16.7 Å². The highest BCUT2D eigenvalue weighted by Crippen LogP contribution is 2.33. The van der Waals surface area contributed by atoms with E-state index in [4.69, 9.17) is 11.6 Å². The third kappa shape index (κ3) is 2.99. The number of hydrogen-bond acceptors (Lipinski definition) is 2. The molecule has 1 aliphatic carbocycles. The predicted molar refractivity (Wildman–Crippen MR) is 91.5 cm³/mol. The number of rotatable bonds is 3. The molecule has 0 unspecified atom stereocenters. The number of fused-ring (bicyclic) bond motifs is 1. The minimum absolute atomic E-state index is 0.111. The Morgan fingerprint density at radius 3 is 2.52 bits per heavy atom. The fraction of sp³-hybridized carbons (Fsp3) is 0.316. The summed E-state index contributed by atoms with van der Waals surface area (Å²) in [5.41, 5.74) is 2.28. The molecule has 4 heteroatoms. The number of carbonyl (C=O) groups excluding carboxylic acids is 1. The van der Waals surface area contributed by atoms with Crippen LogP contribution < -0.4 is 5.32 Å². The maximum absolute atomic E-state index is 12.8. The van der Waals surface area contributed by atoms with Crippen molar-refractivity contribution in [3.63, 3.8) is 0 Å². The molecule has 0 saturated carbocycles. The summed E-state index contributed by atoms with van der Waals surface area (Å²) in [6.07, 6.45) is -0.0139. The van der Waals surface area contributed by atoms with Crippen LogP contribution in [0, 0.1) is 0 Å². The Kier molecular flexibility index (Phi) is 4.17. The smallest absolute Gasteiger partial charge is 0.230 e. The van der Waals surface area contributed by atoms with E-state index in [1.165, 1.54) is 0 Å². The van der Waals surface area contributed by atoms with Crippen molar-refractivity contribution in [2.24, 2.45) is 0 Å². The molecule has 2 atom stereocenters. The lowest BCUT2D eigenvalue weighted by atomic mass is 9.83. The van der Waals surface area contributed by atoms with Crippen LogP contribution in [0.1, 0.15) is 36.6 Å². The summed E-state index contributed by atoms with van der Waals surface area (Å²) < 4.78 is 0. The number of aliphatic hydroxyl groups excluding tert-OH is 1. The Morgan fingerprint density at radius 2 is 1.83 bits per heavy atom. The summed E-state index contributed by atoms with van der Waals surface area (Å²) in [7, 11) is 0. The highest BCUT2D eigenvalue weighted by Gasteiger charge is 2.36. The number of benzene rings is 2. The maximum atomic E-state index is 12.8. The first kappa shape index (κ1) is 16.0. The van der Waals surface area contributed by atoms with Crippen molar-refractivity contribution in [1.82, 2.24) is 5.32 Å². The molecule has 1 aliphatic rings. The number of nitrogens with one attached hydrogen (secondary N) is 1. The SMILES string of the molecule is CC(C)(C(=O)N[C@@H]1c2ccccc2C[C@@H]1O)c1ccc(Cl)cc1. The van der Waals surface area contributed by atoms with Gasteiger partial charge in [-0.25, -0.2) is 0 Å². The molecule has 0 aromatic heterocycles. The first-order valence-corrected chi connectivity index (χ1v) is 8.10. The number of aliphatic hydroxyl groups is 1. The second-order valence-corrected chi connectivity index (χ2v) is 6.99. The van der Waals surface area contributed by atoms with Crippen LogP contribution in [-0.2, 0) is 16.6 Å². The lowest BCUT2D eigenvalue weighted by Crippen LogP contribution is -2.44. The van der Waals surface area contributed by atoms with Crippen LogP contribution in [0.2, 0.25) is 5.02 Å². The molecule has 0 radical (unpaired) electrons. The van der Waals surface area contributed by atoms with Crippen LogP contribution in [0.25, 0.3) is 0 Å². The Morgan fingerprint density at radius 1 is 1.17 bits per heavy atom. The minimum Gasteiger partial charge on any atom is -0.390 e. The molecule has 0 aliphatic heterocycles. The number of carbonyl (C=O) groups is 1. The average Bonchev–Trinajstić information content (AvgIpc) is 2.84. The van der Waals surface area contributed by atoms with E-state index in [1.807, 2.05) is 50.2 Å². The Balaban J connectivity index is 1.82. The van der Waals surface area contributed by atoms with E-state index < -0.39 is 11.5 Å². The summed E-state index contributed by atoms with van der Waals surface area (Å²) in [6.45, 7) is 3.75. The summed E-state index contributed by atoms with van der Waals surface area (Å²) in [5, 5.41) is 14.0. The van der Waals surface area contributed by atoms with Gasteiger partial charge in [-0.15, -0.1) is 0 Å². The lowest BCUT2D eigenvalue weighted by molar-refractivity contribution is -0.127. The van der Waals surface area contributed by atoms with E-state index in [1.54, 1.807) is 12.1 Å². The highest BCUT2D eigenvalue weighted by atomic mass is 35.5. The molecule has 2 aromatic carbocycles. The van der Waals surface area contributed by atoms with Crippen molar-refractivity contribution < 1.29 is 9.90 Å². The van der Waals surface area contributed by atoms with Crippen LogP contribution in [0.15, 0.2) is 48.5 Å². The molecule has 3 rings (SSSR count). The number of amides is 1. The Bertz CT molecular complexity index is 724. The minimum atomic E-state index is -0.707. The molecular weight excluding hydrogens is 310 g/mol. The molecule has 2 N–H and O–H groups in total. The van der Waals surface area contributed by atoms with Crippen molar-refractivity contribution in [3.8, 4) is 0 Å². The van der Waals surface area contributed by atoms with Crippen molar-refractivity contribution in [2.75, 3.05) is 0 Å². The highest BCUT2D eigenvalue weighted by molar-refractivity contribution is 6.30. The summed E-state index contributed by atoms with van der Waals surface area (Å²) in [4.78, 5) is 12.8. The molecule has 0 bridgehead atoms. The predicted octanol–water partition coefficient (Wildman–Crippen LogP) is 3.39. The molecule has 0 saturated heterocycles. The number of halogens is 1. The fourth-order valence-corrected chi connectivity index (χ4v) is 3.19. The van der Waals surface area contributed by atoms with Gasteiger partial charge in [-0.1, -0.05) is 48.0 Å².